The molecule has 20 heavy (non-hydrogen) atoms. The summed E-state index contributed by atoms with van der Waals surface area (Å²) >= 11 is 0. The van der Waals surface area contributed by atoms with Gasteiger partial charge in [-0.05, 0) is 30.2 Å². The van der Waals surface area contributed by atoms with Crippen LogP contribution in [0.1, 0.15) is 24.0 Å². The van der Waals surface area contributed by atoms with Gasteiger partial charge in [0.25, 0.3) is 0 Å². The molecule has 0 heterocycles. The number of aliphatic carboxylic acids is 1. The second-order valence-corrected chi connectivity index (χ2v) is 4.52. The smallest absolute Gasteiger partial charge is 0.310 e. The molecule has 104 valence electrons. The van der Waals surface area contributed by atoms with E-state index in [9.17, 15) is 9.18 Å². The Labute approximate surface area is 116 Å². The van der Waals surface area contributed by atoms with Crippen LogP contribution in [0.4, 0.5) is 4.39 Å². The van der Waals surface area contributed by atoms with E-state index >= 15 is 0 Å². The molecule has 1 unspecified atom stereocenters. The Bertz CT molecular complexity index is 596. The van der Waals surface area contributed by atoms with Crippen LogP contribution >= 0.6 is 0 Å². The van der Waals surface area contributed by atoms with Crippen LogP contribution in [0.2, 0.25) is 0 Å². The van der Waals surface area contributed by atoms with E-state index in [0.717, 1.165) is 5.56 Å². The number of halogens is 1. The van der Waals surface area contributed by atoms with Crippen LogP contribution in [0.15, 0.2) is 48.5 Å². The molecule has 1 atom stereocenters. The van der Waals surface area contributed by atoms with Gasteiger partial charge < -0.3 is 9.84 Å². The zero-order valence-corrected chi connectivity index (χ0v) is 11.0. The van der Waals surface area contributed by atoms with E-state index in [4.69, 9.17) is 9.84 Å². The lowest BCUT2D eigenvalue weighted by Gasteiger charge is -2.10. The third-order valence-corrected chi connectivity index (χ3v) is 3.06. The summed E-state index contributed by atoms with van der Waals surface area (Å²) in [6.07, 6.45) is 0. The molecule has 0 aliphatic heterocycles. The third-order valence-electron chi connectivity index (χ3n) is 3.06. The van der Waals surface area contributed by atoms with Gasteiger partial charge in [0, 0.05) is 0 Å². The van der Waals surface area contributed by atoms with Gasteiger partial charge in [0.05, 0.1) is 5.92 Å². The number of carbonyl (C=O) groups is 1. The highest BCUT2D eigenvalue weighted by Gasteiger charge is 2.15. The number of carboxylic acid groups (broad SMARTS) is 1. The van der Waals surface area contributed by atoms with Crippen molar-refractivity contribution >= 4 is 5.97 Å². The molecule has 0 radical (unpaired) electrons. The second-order valence-electron chi connectivity index (χ2n) is 4.52. The van der Waals surface area contributed by atoms with Gasteiger partial charge in [-0.15, -0.1) is 0 Å². The van der Waals surface area contributed by atoms with Gasteiger partial charge >= 0.3 is 5.97 Å². The predicted molar refractivity (Wildman–Crippen MR) is 73.2 cm³/mol. The Morgan fingerprint density at radius 3 is 2.55 bits per heavy atom. The molecular weight excluding hydrogens is 259 g/mol. The van der Waals surface area contributed by atoms with Crippen LogP contribution in [0.5, 0.6) is 5.75 Å². The fourth-order valence-corrected chi connectivity index (χ4v) is 1.78. The van der Waals surface area contributed by atoms with Crippen molar-refractivity contribution in [3.05, 3.63) is 65.5 Å². The lowest BCUT2D eigenvalue weighted by atomic mass is 10.0. The van der Waals surface area contributed by atoms with Crippen LogP contribution in [-0.4, -0.2) is 11.1 Å². The highest BCUT2D eigenvalue weighted by Crippen LogP contribution is 2.24. The first-order chi connectivity index (χ1) is 9.58. The largest absolute Gasteiger partial charge is 0.486 e. The van der Waals surface area contributed by atoms with Crippen molar-refractivity contribution in [3.8, 4) is 5.75 Å². The van der Waals surface area contributed by atoms with Gasteiger partial charge in [0.15, 0.2) is 11.6 Å². The summed E-state index contributed by atoms with van der Waals surface area (Å²) in [5, 5.41) is 8.89. The summed E-state index contributed by atoms with van der Waals surface area (Å²) in [4.78, 5) is 10.9. The van der Waals surface area contributed by atoms with Crippen LogP contribution < -0.4 is 4.74 Å². The molecule has 2 rings (SSSR count). The van der Waals surface area contributed by atoms with E-state index in [1.807, 2.05) is 30.3 Å². The fraction of sp³-hybridized carbons (Fsp3) is 0.188. The highest BCUT2D eigenvalue weighted by molar-refractivity contribution is 5.75. The predicted octanol–water partition coefficient (Wildman–Crippen LogP) is 3.59. The van der Waals surface area contributed by atoms with Gasteiger partial charge in [-0.2, -0.15) is 0 Å². The molecule has 0 bridgehead atoms. The molecule has 0 amide bonds. The molecule has 2 aromatic carbocycles. The topological polar surface area (TPSA) is 46.5 Å². The summed E-state index contributed by atoms with van der Waals surface area (Å²) in [7, 11) is 0. The van der Waals surface area contributed by atoms with Crippen molar-refractivity contribution in [2.45, 2.75) is 19.4 Å². The number of benzene rings is 2. The van der Waals surface area contributed by atoms with E-state index in [2.05, 4.69) is 0 Å². The van der Waals surface area contributed by atoms with Crippen LogP contribution in [0.3, 0.4) is 0 Å². The number of carboxylic acids is 1. The quantitative estimate of drug-likeness (QED) is 0.906. The summed E-state index contributed by atoms with van der Waals surface area (Å²) < 4.78 is 19.3. The average molecular weight is 274 g/mol. The Hall–Kier alpha value is -2.36. The van der Waals surface area contributed by atoms with Crippen molar-refractivity contribution in [2.24, 2.45) is 0 Å². The fourth-order valence-electron chi connectivity index (χ4n) is 1.78. The van der Waals surface area contributed by atoms with E-state index < -0.39 is 17.7 Å². The summed E-state index contributed by atoms with van der Waals surface area (Å²) in [6, 6.07) is 13.7. The van der Waals surface area contributed by atoms with Gasteiger partial charge in [-0.3, -0.25) is 4.79 Å². The molecule has 0 aromatic heterocycles. The maximum atomic E-state index is 13.9. The Morgan fingerprint density at radius 1 is 1.25 bits per heavy atom. The average Bonchev–Trinajstić information content (AvgIpc) is 2.46. The van der Waals surface area contributed by atoms with Gasteiger partial charge in [0.2, 0.25) is 0 Å². The maximum absolute atomic E-state index is 13.9. The molecule has 0 aliphatic rings. The zero-order chi connectivity index (χ0) is 14.5. The van der Waals surface area contributed by atoms with E-state index in [0.29, 0.717) is 5.56 Å². The minimum Gasteiger partial charge on any atom is -0.486 e. The van der Waals surface area contributed by atoms with E-state index in [1.54, 1.807) is 6.07 Å². The maximum Gasteiger partial charge on any atom is 0.310 e. The third kappa shape index (κ3) is 3.35. The number of rotatable bonds is 5. The monoisotopic (exact) mass is 274 g/mol. The van der Waals surface area contributed by atoms with Crippen molar-refractivity contribution in [3.63, 3.8) is 0 Å². The minimum atomic E-state index is -0.984. The van der Waals surface area contributed by atoms with Crippen LogP contribution in [-0.2, 0) is 11.4 Å². The summed E-state index contributed by atoms with van der Waals surface area (Å²) in [6.45, 7) is 1.78. The van der Waals surface area contributed by atoms with Crippen molar-refractivity contribution in [1.82, 2.24) is 0 Å². The van der Waals surface area contributed by atoms with Gasteiger partial charge in [-0.25, -0.2) is 4.39 Å². The van der Waals surface area contributed by atoms with Crippen molar-refractivity contribution < 1.29 is 19.0 Å². The van der Waals surface area contributed by atoms with Crippen LogP contribution in [0, 0.1) is 5.82 Å². The molecule has 1 N–H and O–H groups in total. The summed E-state index contributed by atoms with van der Waals surface area (Å²) in [5.41, 5.74) is 1.36. The molecule has 2 aromatic rings. The molecule has 0 aliphatic carbocycles. The molecule has 0 saturated carbocycles. The zero-order valence-electron chi connectivity index (χ0n) is 11.0. The molecule has 3 nitrogen and oxygen atoms in total. The van der Waals surface area contributed by atoms with E-state index in [1.165, 1.54) is 19.1 Å². The van der Waals surface area contributed by atoms with E-state index in [-0.39, 0.29) is 12.4 Å². The Kier molecular flexibility index (Phi) is 4.35. The number of hydrogen-bond acceptors (Lipinski definition) is 2. The Morgan fingerprint density at radius 2 is 1.95 bits per heavy atom. The molecule has 4 heteroatoms. The molecule has 0 spiro atoms. The first-order valence-electron chi connectivity index (χ1n) is 6.27. The first kappa shape index (κ1) is 14.1. The number of hydrogen-bond donors (Lipinski definition) is 1. The van der Waals surface area contributed by atoms with Crippen molar-refractivity contribution in [2.75, 3.05) is 0 Å². The molecule has 0 saturated heterocycles. The lowest BCUT2D eigenvalue weighted by Crippen LogP contribution is -2.08. The first-order valence-corrected chi connectivity index (χ1v) is 6.27. The highest BCUT2D eigenvalue weighted by atomic mass is 19.1. The standard InChI is InChI=1S/C16H15FO3/c1-11(16(18)19)13-7-8-15(14(17)9-13)20-10-12-5-3-2-4-6-12/h2-9,11H,10H2,1H3,(H,18,19). The van der Waals surface area contributed by atoms with Gasteiger partial charge in [-0.1, -0.05) is 36.4 Å². The normalized spacial score (nSPS) is 11.9. The van der Waals surface area contributed by atoms with Crippen molar-refractivity contribution in [1.29, 1.82) is 0 Å². The minimum absolute atomic E-state index is 0.121. The lowest BCUT2D eigenvalue weighted by molar-refractivity contribution is -0.138. The van der Waals surface area contributed by atoms with Crippen LogP contribution in [0.25, 0.3) is 0 Å². The summed E-state index contributed by atoms with van der Waals surface area (Å²) in [5.74, 6) is -2.16. The van der Waals surface area contributed by atoms with Gasteiger partial charge in [0.1, 0.15) is 6.61 Å². The number of ether oxygens (including phenoxy) is 1. The Balaban J connectivity index is 2.08. The molecular formula is C16H15FO3. The SMILES string of the molecule is CC(C(=O)O)c1ccc(OCc2ccccc2)c(F)c1. The second kappa shape index (κ2) is 6.19. The molecule has 0 fully saturated rings.